The van der Waals surface area contributed by atoms with Crippen LogP contribution in [0, 0.1) is 0 Å². The summed E-state index contributed by atoms with van der Waals surface area (Å²) in [6.45, 7) is 16.3. The average molecular weight is 996 g/mol. The van der Waals surface area contributed by atoms with Crippen molar-refractivity contribution < 1.29 is 29.2 Å². The standard InChI is InChI=1S/C21H36O2.C14H30O2.C13H27Br.C9H12O2.C2H6/c1-2-3-4-5-6-7-8-9-10-14-17-22-18-19-23-20-21-15-12-11-13-16-21;1-2-3-4-5-6-7-8-9-10-11-13-16-14-12-15;1-2-3-4-5-6-7-8-9-10-11-12-13-14;10-6-7-11-8-9-4-2-1-3-5-9;1-2/h11-13,15-16H,2-10,14,17-20H2,1H3;15H,2-14H2,1H3;2-13H2,1H3;1-5,10H,6-8H2;1-2H3. The van der Waals surface area contributed by atoms with Gasteiger partial charge in [0.1, 0.15) is 0 Å². The number of alkyl halides is 1. The molecule has 0 saturated carbocycles. The van der Waals surface area contributed by atoms with Crippen LogP contribution in [-0.4, -0.2) is 68.4 Å². The minimum atomic E-state index is 0.0901. The zero-order chi connectivity index (χ0) is 48.8. The molecule has 0 amide bonds. The van der Waals surface area contributed by atoms with E-state index in [9.17, 15) is 0 Å². The van der Waals surface area contributed by atoms with Gasteiger partial charge in [-0.3, -0.25) is 0 Å². The summed E-state index contributed by atoms with van der Waals surface area (Å²) in [5.74, 6) is 0. The zero-order valence-corrected chi connectivity index (χ0v) is 46.0. The van der Waals surface area contributed by atoms with Gasteiger partial charge in [0.15, 0.2) is 0 Å². The number of rotatable bonds is 44. The molecule has 0 saturated heterocycles. The fourth-order valence-corrected chi connectivity index (χ4v) is 7.52. The van der Waals surface area contributed by atoms with Crippen molar-refractivity contribution >= 4 is 15.9 Å². The summed E-state index contributed by atoms with van der Waals surface area (Å²) in [7, 11) is 0. The van der Waals surface area contributed by atoms with E-state index >= 15 is 0 Å². The lowest BCUT2D eigenvalue weighted by molar-refractivity contribution is 0.0392. The second-order valence-corrected chi connectivity index (χ2v) is 18.1. The highest BCUT2D eigenvalue weighted by atomic mass is 79.9. The lowest BCUT2D eigenvalue weighted by Crippen LogP contribution is -2.05. The maximum atomic E-state index is 8.50. The van der Waals surface area contributed by atoms with Gasteiger partial charge < -0.3 is 29.2 Å². The summed E-state index contributed by atoms with van der Waals surface area (Å²) in [6.07, 6.45) is 43.1. The van der Waals surface area contributed by atoms with Crippen LogP contribution in [0.5, 0.6) is 0 Å². The zero-order valence-electron chi connectivity index (χ0n) is 44.4. The molecule has 0 atom stereocenters. The molecule has 0 bridgehead atoms. The van der Waals surface area contributed by atoms with E-state index in [0.29, 0.717) is 39.6 Å². The van der Waals surface area contributed by atoms with Crippen LogP contribution in [0.15, 0.2) is 60.7 Å². The highest BCUT2D eigenvalue weighted by Gasteiger charge is 1.97. The summed E-state index contributed by atoms with van der Waals surface area (Å²) >= 11 is 3.47. The number of hydrogen-bond acceptors (Lipinski definition) is 6. The second kappa shape index (κ2) is 67.9. The first-order valence-electron chi connectivity index (χ1n) is 27.9. The van der Waals surface area contributed by atoms with Gasteiger partial charge in [-0.2, -0.15) is 0 Å². The lowest BCUT2D eigenvalue weighted by atomic mass is 10.1. The summed E-state index contributed by atoms with van der Waals surface area (Å²) in [5.41, 5.74) is 2.36. The molecule has 66 heavy (non-hydrogen) atoms. The topological polar surface area (TPSA) is 77.4 Å². The molecule has 0 aliphatic heterocycles. The third kappa shape index (κ3) is 64.8. The molecule has 2 aromatic rings. The van der Waals surface area contributed by atoms with Crippen molar-refractivity contribution in [3.63, 3.8) is 0 Å². The lowest BCUT2D eigenvalue weighted by Gasteiger charge is -2.06. The average Bonchev–Trinajstić information content (AvgIpc) is 3.36. The number of hydrogen-bond donors (Lipinski definition) is 2. The van der Waals surface area contributed by atoms with Gasteiger partial charge in [0.25, 0.3) is 0 Å². The van der Waals surface area contributed by atoms with Crippen LogP contribution in [-0.2, 0) is 32.2 Å². The van der Waals surface area contributed by atoms with Crippen LogP contribution in [0.25, 0.3) is 0 Å². The normalized spacial score (nSPS) is 10.5. The fraction of sp³-hybridized carbons (Fsp3) is 0.797. The summed E-state index contributed by atoms with van der Waals surface area (Å²) in [5, 5.41) is 18.1. The molecule has 0 aliphatic rings. The molecule has 0 spiro atoms. The van der Waals surface area contributed by atoms with Gasteiger partial charge in [-0.05, 0) is 30.4 Å². The smallest absolute Gasteiger partial charge is 0.0718 e. The van der Waals surface area contributed by atoms with Crippen molar-refractivity contribution in [2.75, 3.05) is 58.2 Å². The van der Waals surface area contributed by atoms with Gasteiger partial charge >= 0.3 is 0 Å². The third-order valence-corrected chi connectivity index (χ3v) is 11.6. The van der Waals surface area contributed by atoms with E-state index in [1.807, 2.05) is 62.4 Å². The number of aliphatic hydroxyl groups excluding tert-OH is 2. The first-order chi connectivity index (χ1) is 32.7. The molecule has 0 aromatic heterocycles. The van der Waals surface area contributed by atoms with E-state index in [0.717, 1.165) is 25.2 Å². The van der Waals surface area contributed by atoms with Gasteiger partial charge in [-0.15, -0.1) is 0 Å². The molecular formula is C59H111BrO6. The van der Waals surface area contributed by atoms with Crippen molar-refractivity contribution in [1.29, 1.82) is 0 Å². The number of benzene rings is 2. The van der Waals surface area contributed by atoms with Crippen molar-refractivity contribution in [3.05, 3.63) is 71.8 Å². The number of halogens is 1. The van der Waals surface area contributed by atoms with E-state index < -0.39 is 0 Å². The number of unbranched alkanes of at least 4 members (excludes halogenated alkanes) is 28. The molecule has 2 N–H and O–H groups in total. The molecule has 0 unspecified atom stereocenters. The van der Waals surface area contributed by atoms with Crippen LogP contribution in [0.3, 0.4) is 0 Å². The Balaban J connectivity index is -0.000000819. The molecule has 0 fully saturated rings. The molecule has 390 valence electrons. The quantitative estimate of drug-likeness (QED) is 0.0509. The van der Waals surface area contributed by atoms with E-state index in [-0.39, 0.29) is 13.2 Å². The van der Waals surface area contributed by atoms with Gasteiger partial charge in [-0.1, -0.05) is 291 Å². The minimum Gasteiger partial charge on any atom is -0.394 e. The monoisotopic (exact) mass is 995 g/mol. The van der Waals surface area contributed by atoms with Crippen LogP contribution in [0.4, 0.5) is 0 Å². The summed E-state index contributed by atoms with van der Waals surface area (Å²) in [6, 6.07) is 20.2. The van der Waals surface area contributed by atoms with Gasteiger partial charge in [0.2, 0.25) is 0 Å². The predicted molar refractivity (Wildman–Crippen MR) is 293 cm³/mol. The molecule has 2 aromatic carbocycles. The second-order valence-electron chi connectivity index (χ2n) is 17.3. The molecule has 2 rings (SSSR count). The highest BCUT2D eigenvalue weighted by molar-refractivity contribution is 9.09. The van der Waals surface area contributed by atoms with Gasteiger partial charge in [0, 0.05) is 18.5 Å². The van der Waals surface area contributed by atoms with E-state index in [1.54, 1.807) is 0 Å². The summed E-state index contributed by atoms with van der Waals surface area (Å²) in [4.78, 5) is 0. The van der Waals surface area contributed by atoms with E-state index in [4.69, 9.17) is 29.2 Å². The molecule has 7 heteroatoms. The van der Waals surface area contributed by atoms with E-state index in [2.05, 4.69) is 48.8 Å². The van der Waals surface area contributed by atoms with Gasteiger partial charge in [0.05, 0.1) is 52.9 Å². The molecule has 6 nitrogen and oxygen atoms in total. The maximum Gasteiger partial charge on any atom is 0.0718 e. The van der Waals surface area contributed by atoms with Crippen molar-refractivity contribution in [1.82, 2.24) is 0 Å². The van der Waals surface area contributed by atoms with Gasteiger partial charge in [-0.25, -0.2) is 0 Å². The predicted octanol–water partition coefficient (Wildman–Crippen LogP) is 18.0. The molecule has 0 radical (unpaired) electrons. The van der Waals surface area contributed by atoms with Crippen molar-refractivity contribution in [3.8, 4) is 0 Å². The van der Waals surface area contributed by atoms with Crippen LogP contribution in [0.1, 0.15) is 245 Å². The Morgan fingerprint density at radius 3 is 0.894 bits per heavy atom. The molecule has 0 aliphatic carbocycles. The Kier molecular flexibility index (Phi) is 71.0. The molecule has 0 heterocycles. The van der Waals surface area contributed by atoms with Crippen molar-refractivity contribution in [2.45, 2.75) is 247 Å². The van der Waals surface area contributed by atoms with Crippen LogP contribution >= 0.6 is 15.9 Å². The fourth-order valence-electron chi connectivity index (χ4n) is 7.12. The highest BCUT2D eigenvalue weighted by Crippen LogP contribution is 2.13. The SMILES string of the molecule is CC.CCCCCCCCCCCCCBr.CCCCCCCCCCCCOCCO.CCCCCCCCCCCCOCCOCc1ccccc1.OCCOCc1ccccc1. The molecular weight excluding hydrogens is 885 g/mol. The number of aliphatic hydroxyl groups is 2. The third-order valence-electron chi connectivity index (χ3n) is 11.1. The first-order valence-corrected chi connectivity index (χ1v) is 29.0. The summed E-state index contributed by atoms with van der Waals surface area (Å²) < 4.78 is 21.5. The van der Waals surface area contributed by atoms with Crippen molar-refractivity contribution in [2.24, 2.45) is 0 Å². The maximum absolute atomic E-state index is 8.50. The Morgan fingerprint density at radius 1 is 0.318 bits per heavy atom. The largest absolute Gasteiger partial charge is 0.394 e. The minimum absolute atomic E-state index is 0.0901. The Morgan fingerprint density at radius 2 is 0.576 bits per heavy atom. The van der Waals surface area contributed by atoms with E-state index in [1.165, 1.54) is 204 Å². The number of ether oxygens (including phenoxy) is 4. The Hall–Kier alpha value is -1.32. The Labute approximate surface area is 420 Å². The first kappa shape index (κ1) is 68.9. The van der Waals surface area contributed by atoms with Crippen LogP contribution in [0.2, 0.25) is 0 Å². The van der Waals surface area contributed by atoms with Crippen LogP contribution < -0.4 is 0 Å². The Bertz CT molecular complexity index is 1020.